The van der Waals surface area contributed by atoms with Crippen molar-refractivity contribution in [2.45, 2.75) is 0 Å². The Labute approximate surface area is 71.8 Å². The van der Waals surface area contributed by atoms with Crippen LogP contribution in [-0.2, 0) is 38.4 Å². The van der Waals surface area contributed by atoms with Gasteiger partial charge in [0.1, 0.15) is 0 Å². The van der Waals surface area contributed by atoms with E-state index >= 15 is 0 Å². The molecule has 1 aliphatic rings. The Morgan fingerprint density at radius 1 is 0.923 bits per heavy atom. The van der Waals surface area contributed by atoms with Gasteiger partial charge >= 0.3 is 22.3 Å². The molecule has 0 atom stereocenters. The van der Waals surface area contributed by atoms with Gasteiger partial charge in [0.25, 0.3) is 0 Å². The van der Waals surface area contributed by atoms with Crippen molar-refractivity contribution in [1.29, 1.82) is 0 Å². The minimum absolute atomic E-state index is 0.604. The first-order valence-electron chi connectivity index (χ1n) is 2.73. The third-order valence-corrected chi connectivity index (χ3v) is 1.22. The van der Waals surface area contributed by atoms with Gasteiger partial charge in [-0.1, -0.05) is 0 Å². The highest BCUT2D eigenvalue weighted by atomic mass is 32.3. The average Bonchev–Trinajstić information content (AvgIpc) is 2.11. The predicted molar refractivity (Wildman–Crippen MR) is 32.4 cm³/mol. The molecular formula is C4H2O8S. The van der Waals surface area contributed by atoms with Gasteiger partial charge in [-0.05, 0) is 8.67 Å². The molecule has 0 unspecified atom stereocenters. The average molecular weight is 210 g/mol. The van der Waals surface area contributed by atoms with Crippen molar-refractivity contribution in [3.05, 3.63) is 12.2 Å². The molecule has 72 valence electrons. The molecule has 0 bridgehead atoms. The van der Waals surface area contributed by atoms with Crippen LogP contribution in [0.1, 0.15) is 0 Å². The van der Waals surface area contributed by atoms with E-state index in [4.69, 9.17) is 0 Å². The lowest BCUT2D eigenvalue weighted by atomic mass is 10.5. The van der Waals surface area contributed by atoms with Crippen molar-refractivity contribution in [1.82, 2.24) is 0 Å². The van der Waals surface area contributed by atoms with Crippen molar-refractivity contribution in [3.8, 4) is 0 Å². The monoisotopic (exact) mass is 210 g/mol. The van der Waals surface area contributed by atoms with E-state index in [0.717, 1.165) is 0 Å². The lowest BCUT2D eigenvalue weighted by Crippen LogP contribution is -2.13. The highest BCUT2D eigenvalue weighted by Gasteiger charge is 2.21. The Kier molecular flexibility index (Phi) is 2.60. The zero-order valence-corrected chi connectivity index (χ0v) is 6.65. The molecule has 0 fully saturated rings. The zero-order valence-electron chi connectivity index (χ0n) is 5.83. The van der Waals surface area contributed by atoms with Crippen LogP contribution in [0.15, 0.2) is 12.2 Å². The standard InChI is InChI=1S/C4H2O8S/c5-3-1-2-4(6)10-12-13(7,8)11-9-3/h1-2H/b2-1-. The molecule has 0 aliphatic carbocycles. The lowest BCUT2D eigenvalue weighted by Gasteiger charge is -1.98. The molecule has 0 saturated heterocycles. The lowest BCUT2D eigenvalue weighted by molar-refractivity contribution is -0.237. The summed E-state index contributed by atoms with van der Waals surface area (Å²) in [4.78, 5) is 28.2. The van der Waals surface area contributed by atoms with Gasteiger partial charge in [0.2, 0.25) is 0 Å². The Bertz CT molecular complexity index is 322. The second-order valence-corrected chi connectivity index (χ2v) is 2.77. The summed E-state index contributed by atoms with van der Waals surface area (Å²) in [5.74, 6) is -2.38. The second kappa shape index (κ2) is 3.51. The Morgan fingerprint density at radius 2 is 1.31 bits per heavy atom. The van der Waals surface area contributed by atoms with Gasteiger partial charge in [-0.2, -0.15) is 8.42 Å². The van der Waals surface area contributed by atoms with E-state index in [1.54, 1.807) is 0 Å². The number of carbonyl (C=O) groups excluding carboxylic acids is 2. The Morgan fingerprint density at radius 3 is 1.69 bits per heavy atom. The quantitative estimate of drug-likeness (QED) is 0.456. The summed E-state index contributed by atoms with van der Waals surface area (Å²) in [7, 11) is -4.66. The van der Waals surface area contributed by atoms with E-state index in [2.05, 4.69) is 18.4 Å². The van der Waals surface area contributed by atoms with E-state index in [9.17, 15) is 18.0 Å². The fourth-order valence-electron chi connectivity index (χ4n) is 0.353. The van der Waals surface area contributed by atoms with Crippen LogP contribution in [0.3, 0.4) is 0 Å². The summed E-state index contributed by atoms with van der Waals surface area (Å²) in [6, 6.07) is 0. The Balaban J connectivity index is 2.82. The van der Waals surface area contributed by atoms with E-state index in [1.807, 2.05) is 0 Å². The molecule has 0 amide bonds. The van der Waals surface area contributed by atoms with Gasteiger partial charge in [-0.15, -0.1) is 0 Å². The molecule has 0 radical (unpaired) electrons. The minimum Gasteiger partial charge on any atom is -0.275 e. The van der Waals surface area contributed by atoms with Gasteiger partial charge in [0, 0.05) is 12.2 Å². The number of hydrogen-bond donors (Lipinski definition) is 0. The smallest absolute Gasteiger partial charge is 0.275 e. The highest BCUT2D eigenvalue weighted by Crippen LogP contribution is 2.02. The molecule has 13 heavy (non-hydrogen) atoms. The third-order valence-electron chi connectivity index (χ3n) is 0.754. The van der Waals surface area contributed by atoms with Crippen LogP contribution < -0.4 is 0 Å². The zero-order chi connectivity index (χ0) is 9.90. The van der Waals surface area contributed by atoms with Crippen molar-refractivity contribution in [2.75, 3.05) is 0 Å². The van der Waals surface area contributed by atoms with E-state index in [0.29, 0.717) is 12.2 Å². The first-order chi connectivity index (χ1) is 5.99. The molecule has 1 rings (SSSR count). The minimum atomic E-state index is -4.66. The second-order valence-electron chi connectivity index (χ2n) is 1.68. The fraction of sp³-hybridized carbons (Fsp3) is 0. The van der Waals surface area contributed by atoms with Gasteiger partial charge in [0.15, 0.2) is 0 Å². The molecule has 0 saturated carbocycles. The normalized spacial score (nSPS) is 24.6. The van der Waals surface area contributed by atoms with Crippen molar-refractivity contribution < 1.29 is 36.4 Å². The number of rotatable bonds is 0. The van der Waals surface area contributed by atoms with Crippen LogP contribution >= 0.6 is 0 Å². The summed E-state index contributed by atoms with van der Waals surface area (Å²) in [6.07, 6.45) is 1.21. The SMILES string of the molecule is O=C1/C=C\C(=O)OOS(=O)(=O)OO1. The molecular weight excluding hydrogens is 208 g/mol. The van der Waals surface area contributed by atoms with Gasteiger partial charge in [-0.25, -0.2) is 9.59 Å². The molecule has 1 aliphatic heterocycles. The molecule has 9 heteroatoms. The van der Waals surface area contributed by atoms with Crippen LogP contribution in [0.2, 0.25) is 0 Å². The summed E-state index contributed by atoms with van der Waals surface area (Å²) < 4.78 is 27.8. The van der Waals surface area contributed by atoms with E-state index in [1.165, 1.54) is 0 Å². The topological polar surface area (TPSA) is 105 Å². The van der Waals surface area contributed by atoms with Crippen LogP contribution in [0, 0.1) is 0 Å². The van der Waals surface area contributed by atoms with Crippen LogP contribution in [0.5, 0.6) is 0 Å². The maximum Gasteiger partial charge on any atom is 0.471 e. The molecule has 8 nitrogen and oxygen atoms in total. The molecule has 0 aromatic carbocycles. The van der Waals surface area contributed by atoms with Crippen molar-refractivity contribution >= 4 is 22.3 Å². The predicted octanol–water partition coefficient (Wildman–Crippen LogP) is -1.25. The van der Waals surface area contributed by atoms with E-state index in [-0.39, 0.29) is 0 Å². The molecule has 0 spiro atoms. The molecule has 0 aromatic heterocycles. The third kappa shape index (κ3) is 3.19. The largest absolute Gasteiger partial charge is 0.471 e. The van der Waals surface area contributed by atoms with Gasteiger partial charge in [0.05, 0.1) is 0 Å². The first kappa shape index (κ1) is 9.64. The molecule has 0 N–H and O–H groups in total. The maximum absolute atomic E-state index is 10.5. The Hall–Kier alpha value is -1.45. The van der Waals surface area contributed by atoms with Gasteiger partial charge in [-0.3, -0.25) is 9.78 Å². The summed E-state index contributed by atoms with van der Waals surface area (Å²) in [5.41, 5.74) is 0. The summed E-state index contributed by atoms with van der Waals surface area (Å²) >= 11 is 0. The molecule has 0 aromatic rings. The summed E-state index contributed by atoms with van der Waals surface area (Å²) in [6.45, 7) is 0. The number of hydrogen-bond acceptors (Lipinski definition) is 8. The summed E-state index contributed by atoms with van der Waals surface area (Å²) in [5, 5.41) is 0. The van der Waals surface area contributed by atoms with Crippen LogP contribution in [-0.4, -0.2) is 20.4 Å². The van der Waals surface area contributed by atoms with Crippen LogP contribution in [0.4, 0.5) is 0 Å². The van der Waals surface area contributed by atoms with E-state index < -0.39 is 22.3 Å². The number of carbonyl (C=O) groups is 2. The molecule has 1 heterocycles. The first-order valence-corrected chi connectivity index (χ1v) is 4.06. The highest BCUT2D eigenvalue weighted by molar-refractivity contribution is 7.81. The van der Waals surface area contributed by atoms with Gasteiger partial charge < -0.3 is 0 Å². The van der Waals surface area contributed by atoms with Crippen molar-refractivity contribution in [3.63, 3.8) is 0 Å². The maximum atomic E-state index is 10.5. The fourth-order valence-corrected chi connectivity index (χ4v) is 0.677. The van der Waals surface area contributed by atoms with Crippen LogP contribution in [0.25, 0.3) is 0 Å². The van der Waals surface area contributed by atoms with Crippen molar-refractivity contribution in [2.24, 2.45) is 0 Å².